The Kier molecular flexibility index (Phi) is 2.46. The summed E-state index contributed by atoms with van der Waals surface area (Å²) in [5.74, 6) is 0. The van der Waals surface area contributed by atoms with Gasteiger partial charge in [-0.2, -0.15) is 0 Å². The van der Waals surface area contributed by atoms with E-state index in [1.54, 1.807) is 0 Å². The second kappa shape index (κ2) is 3.04. The summed E-state index contributed by atoms with van der Waals surface area (Å²) in [4.78, 5) is 0. The van der Waals surface area contributed by atoms with Crippen molar-refractivity contribution in [2.24, 2.45) is 0 Å². The van der Waals surface area contributed by atoms with Crippen molar-refractivity contribution < 1.29 is 25.2 Å². The molecule has 1 unspecified atom stereocenters. The number of aliphatic hydroxyl groups is 4. The van der Waals surface area contributed by atoms with Gasteiger partial charge >= 0.3 is 0 Å². The molecule has 1 heterocycles. The van der Waals surface area contributed by atoms with Gasteiger partial charge in [-0.25, -0.2) is 0 Å². The van der Waals surface area contributed by atoms with E-state index in [4.69, 9.17) is 20.4 Å². The monoisotopic (exact) mass is 164 g/mol. The number of ether oxygens (including phenoxy) is 1. The molecule has 0 aliphatic carbocycles. The maximum atomic E-state index is 9.09. The number of aliphatic hydroxyl groups excluding tert-OH is 4. The maximum absolute atomic E-state index is 9.09. The zero-order valence-electron chi connectivity index (χ0n) is 6.08. The summed E-state index contributed by atoms with van der Waals surface area (Å²) in [6, 6.07) is 0. The first-order valence-electron chi connectivity index (χ1n) is 3.41. The summed E-state index contributed by atoms with van der Waals surface area (Å²) >= 11 is 0. The molecule has 5 atom stereocenters. The van der Waals surface area contributed by atoms with E-state index in [2.05, 4.69) is 4.74 Å². The minimum Gasteiger partial charge on any atom is -0.388 e. The smallest absolute Gasteiger partial charge is 0.183 e. The van der Waals surface area contributed by atoms with Gasteiger partial charge in [0.25, 0.3) is 0 Å². The fraction of sp³-hybridized carbons (Fsp3) is 1.00. The van der Waals surface area contributed by atoms with E-state index in [9.17, 15) is 0 Å². The third-order valence-electron chi connectivity index (χ3n) is 1.83. The molecule has 0 saturated carbocycles. The van der Waals surface area contributed by atoms with Crippen LogP contribution in [0.15, 0.2) is 0 Å². The zero-order chi connectivity index (χ0) is 8.59. The van der Waals surface area contributed by atoms with Crippen LogP contribution in [-0.4, -0.2) is 51.1 Å². The lowest BCUT2D eigenvalue weighted by atomic mass is 10.0. The first-order valence-corrected chi connectivity index (χ1v) is 3.41. The van der Waals surface area contributed by atoms with Crippen molar-refractivity contribution in [2.75, 3.05) is 0 Å². The summed E-state index contributed by atoms with van der Waals surface area (Å²) in [7, 11) is 0. The van der Waals surface area contributed by atoms with Gasteiger partial charge in [0, 0.05) is 0 Å². The largest absolute Gasteiger partial charge is 0.388 e. The van der Waals surface area contributed by atoms with Gasteiger partial charge in [-0.05, 0) is 6.92 Å². The van der Waals surface area contributed by atoms with E-state index >= 15 is 0 Å². The average Bonchev–Trinajstić information content (AvgIpc) is 1.97. The van der Waals surface area contributed by atoms with Crippen LogP contribution in [-0.2, 0) is 4.74 Å². The minimum absolute atomic E-state index is 0.664. The lowest BCUT2D eigenvalue weighted by molar-refractivity contribution is -0.277. The second-order valence-electron chi connectivity index (χ2n) is 2.70. The Morgan fingerprint density at radius 1 is 0.909 bits per heavy atom. The summed E-state index contributed by atoms with van der Waals surface area (Å²) in [6.07, 6.45) is -5.99. The van der Waals surface area contributed by atoms with Gasteiger partial charge in [0.15, 0.2) is 6.29 Å². The van der Waals surface area contributed by atoms with Crippen LogP contribution < -0.4 is 0 Å². The highest BCUT2D eigenvalue weighted by molar-refractivity contribution is 4.86. The molecule has 1 aliphatic heterocycles. The van der Waals surface area contributed by atoms with Crippen LogP contribution in [0, 0.1) is 0 Å². The molecule has 0 spiro atoms. The molecule has 66 valence electrons. The standard InChI is InChI=1S/C6H12O5/c1-2-3(7)4(8)5(9)6(10)11-2/h2-10H,1H3/t2-,3+,4-,5?,6+/m0/s1. The lowest BCUT2D eigenvalue weighted by Gasteiger charge is -2.36. The van der Waals surface area contributed by atoms with Crippen molar-refractivity contribution in [1.82, 2.24) is 0 Å². The lowest BCUT2D eigenvalue weighted by Crippen LogP contribution is -2.56. The maximum Gasteiger partial charge on any atom is 0.183 e. The fourth-order valence-corrected chi connectivity index (χ4v) is 1.03. The highest BCUT2D eigenvalue weighted by Gasteiger charge is 2.40. The Morgan fingerprint density at radius 3 is 2.00 bits per heavy atom. The van der Waals surface area contributed by atoms with Crippen LogP contribution in [0.5, 0.6) is 0 Å². The Hall–Kier alpha value is -0.200. The van der Waals surface area contributed by atoms with Gasteiger partial charge in [-0.15, -0.1) is 0 Å². The second-order valence-corrected chi connectivity index (χ2v) is 2.70. The van der Waals surface area contributed by atoms with Crippen LogP contribution in [0.1, 0.15) is 6.92 Å². The van der Waals surface area contributed by atoms with Gasteiger partial charge < -0.3 is 25.2 Å². The SMILES string of the molecule is C[C@@H]1O[C@@H](O)C(O)[C@@H](O)[C@@H]1O. The molecule has 0 aromatic rings. The van der Waals surface area contributed by atoms with Crippen molar-refractivity contribution >= 4 is 0 Å². The van der Waals surface area contributed by atoms with Gasteiger partial charge in [-0.1, -0.05) is 0 Å². The normalized spacial score (nSPS) is 52.6. The molecule has 1 saturated heterocycles. The van der Waals surface area contributed by atoms with Gasteiger partial charge in [0.2, 0.25) is 0 Å². The molecule has 0 amide bonds. The van der Waals surface area contributed by atoms with Crippen molar-refractivity contribution in [2.45, 2.75) is 37.6 Å². The first-order chi connectivity index (χ1) is 5.04. The third-order valence-corrected chi connectivity index (χ3v) is 1.83. The van der Waals surface area contributed by atoms with Crippen LogP contribution >= 0.6 is 0 Å². The van der Waals surface area contributed by atoms with Crippen LogP contribution in [0.2, 0.25) is 0 Å². The number of rotatable bonds is 0. The van der Waals surface area contributed by atoms with E-state index < -0.39 is 30.7 Å². The highest BCUT2D eigenvalue weighted by atomic mass is 16.6. The topological polar surface area (TPSA) is 90.2 Å². The molecule has 0 bridgehead atoms. The Balaban J connectivity index is 2.63. The van der Waals surface area contributed by atoms with Gasteiger partial charge in [-0.3, -0.25) is 0 Å². The number of hydrogen-bond acceptors (Lipinski definition) is 5. The van der Waals surface area contributed by atoms with Crippen LogP contribution in [0.25, 0.3) is 0 Å². The zero-order valence-corrected chi connectivity index (χ0v) is 6.08. The molecular formula is C6H12O5. The summed E-state index contributed by atoms with van der Waals surface area (Å²) in [5.41, 5.74) is 0. The Bertz CT molecular complexity index is 125. The molecule has 0 radical (unpaired) electrons. The Morgan fingerprint density at radius 2 is 1.45 bits per heavy atom. The quantitative estimate of drug-likeness (QED) is 0.326. The molecule has 1 rings (SSSR count). The predicted molar refractivity (Wildman–Crippen MR) is 34.6 cm³/mol. The molecular weight excluding hydrogens is 152 g/mol. The van der Waals surface area contributed by atoms with Gasteiger partial charge in [0.1, 0.15) is 18.3 Å². The molecule has 1 aliphatic rings. The molecule has 1 fully saturated rings. The minimum atomic E-state index is -1.43. The molecule has 5 nitrogen and oxygen atoms in total. The molecule has 0 aromatic heterocycles. The predicted octanol–water partition coefficient (Wildman–Crippen LogP) is -2.19. The summed E-state index contributed by atoms with van der Waals surface area (Å²) in [6.45, 7) is 1.50. The molecule has 5 heteroatoms. The van der Waals surface area contributed by atoms with E-state index in [1.165, 1.54) is 6.92 Å². The van der Waals surface area contributed by atoms with Crippen LogP contribution in [0.3, 0.4) is 0 Å². The third kappa shape index (κ3) is 1.52. The van der Waals surface area contributed by atoms with E-state index in [1.807, 2.05) is 0 Å². The highest BCUT2D eigenvalue weighted by Crippen LogP contribution is 2.18. The van der Waals surface area contributed by atoms with Gasteiger partial charge in [0.05, 0.1) is 6.10 Å². The van der Waals surface area contributed by atoms with Crippen molar-refractivity contribution in [3.63, 3.8) is 0 Å². The first kappa shape index (κ1) is 8.89. The Labute approximate surface area is 63.8 Å². The average molecular weight is 164 g/mol. The summed E-state index contributed by atoms with van der Waals surface area (Å²) < 4.78 is 4.68. The van der Waals surface area contributed by atoms with Crippen LogP contribution in [0.4, 0.5) is 0 Å². The molecule has 0 aromatic carbocycles. The van der Waals surface area contributed by atoms with Crippen molar-refractivity contribution in [3.05, 3.63) is 0 Å². The van der Waals surface area contributed by atoms with E-state index in [0.29, 0.717) is 0 Å². The fourth-order valence-electron chi connectivity index (χ4n) is 1.03. The summed E-state index contributed by atoms with van der Waals surface area (Å²) in [5, 5.41) is 36.0. The van der Waals surface area contributed by atoms with Crippen molar-refractivity contribution in [3.8, 4) is 0 Å². The van der Waals surface area contributed by atoms with E-state index in [-0.39, 0.29) is 0 Å². The van der Waals surface area contributed by atoms with Crippen molar-refractivity contribution in [1.29, 1.82) is 0 Å². The van der Waals surface area contributed by atoms with E-state index in [0.717, 1.165) is 0 Å². The molecule has 4 N–H and O–H groups in total. The number of hydrogen-bond donors (Lipinski definition) is 4. The molecule has 11 heavy (non-hydrogen) atoms.